The highest BCUT2D eigenvalue weighted by Crippen LogP contribution is 2.12. The van der Waals surface area contributed by atoms with Gasteiger partial charge in [0.05, 0.1) is 0 Å². The molecule has 2 rings (SSSR count). The average Bonchev–Trinajstić information content (AvgIpc) is 2.60. The fourth-order valence-electron chi connectivity index (χ4n) is 2.54. The van der Waals surface area contributed by atoms with E-state index in [9.17, 15) is 9.59 Å². The number of carbonyl (C=O) groups is 2. The van der Waals surface area contributed by atoms with Gasteiger partial charge in [0.2, 0.25) is 11.8 Å². The fraction of sp³-hybridized carbons (Fsp3) is 0.562. The van der Waals surface area contributed by atoms with Gasteiger partial charge < -0.3 is 20.9 Å². The van der Waals surface area contributed by atoms with E-state index in [4.69, 9.17) is 5.73 Å². The zero-order valence-corrected chi connectivity index (χ0v) is 13.4. The van der Waals surface area contributed by atoms with Gasteiger partial charge in [0.25, 0.3) is 0 Å². The summed E-state index contributed by atoms with van der Waals surface area (Å²) < 4.78 is 0. The number of piperazine rings is 1. The third-order valence-electron chi connectivity index (χ3n) is 3.87. The maximum absolute atomic E-state index is 12.2. The molecule has 0 saturated carbocycles. The molecule has 0 aliphatic carbocycles. The fourth-order valence-corrected chi connectivity index (χ4v) is 2.54. The molecule has 126 valence electrons. The lowest BCUT2D eigenvalue weighted by atomic mass is 10.2. The second-order valence-electron chi connectivity index (χ2n) is 5.55. The first kappa shape index (κ1) is 17.2. The number of carbonyl (C=O) groups excluding carboxylic acids is 2. The summed E-state index contributed by atoms with van der Waals surface area (Å²) in [5, 5.41) is 2.76. The summed E-state index contributed by atoms with van der Waals surface area (Å²) in [6, 6.07) is 5.84. The van der Waals surface area contributed by atoms with Crippen LogP contribution in [-0.2, 0) is 9.59 Å². The molecule has 0 aromatic carbocycles. The van der Waals surface area contributed by atoms with Gasteiger partial charge in [-0.05, 0) is 25.1 Å². The van der Waals surface area contributed by atoms with Crippen molar-refractivity contribution < 1.29 is 9.59 Å². The number of pyridine rings is 1. The zero-order chi connectivity index (χ0) is 16.5. The highest BCUT2D eigenvalue weighted by atomic mass is 16.2. The van der Waals surface area contributed by atoms with Crippen LogP contribution in [0.4, 0.5) is 5.82 Å². The standard InChI is InChI=1S/C16H25N5O2/c17-7-3-5-15(22)19-9-6-16(23)21-12-10-20(11-13-21)14-4-1-2-8-18-14/h1-2,4,8H,3,5-7,9-13,17H2,(H,19,22). The summed E-state index contributed by atoms with van der Waals surface area (Å²) in [6.45, 7) is 3.85. The number of hydrogen-bond acceptors (Lipinski definition) is 5. The first-order valence-electron chi connectivity index (χ1n) is 8.11. The van der Waals surface area contributed by atoms with Crippen molar-refractivity contribution in [3.05, 3.63) is 24.4 Å². The Balaban J connectivity index is 1.66. The molecular formula is C16H25N5O2. The molecule has 1 aliphatic rings. The molecule has 0 spiro atoms. The van der Waals surface area contributed by atoms with Crippen LogP contribution in [-0.4, -0.2) is 61.0 Å². The Morgan fingerprint density at radius 3 is 2.61 bits per heavy atom. The first-order chi connectivity index (χ1) is 11.2. The SMILES string of the molecule is NCCCC(=O)NCCC(=O)N1CCN(c2ccccn2)CC1. The summed E-state index contributed by atoms with van der Waals surface area (Å²) in [6.07, 6.45) is 3.22. The molecule has 1 aromatic heterocycles. The van der Waals surface area contributed by atoms with Gasteiger partial charge in [-0.15, -0.1) is 0 Å². The van der Waals surface area contributed by atoms with Crippen LogP contribution < -0.4 is 16.0 Å². The molecule has 1 saturated heterocycles. The molecule has 2 heterocycles. The van der Waals surface area contributed by atoms with Gasteiger partial charge in [-0.2, -0.15) is 0 Å². The van der Waals surface area contributed by atoms with Crippen molar-refractivity contribution in [2.75, 3.05) is 44.2 Å². The van der Waals surface area contributed by atoms with E-state index in [1.54, 1.807) is 6.20 Å². The molecule has 0 radical (unpaired) electrons. The lowest BCUT2D eigenvalue weighted by Gasteiger charge is -2.35. The van der Waals surface area contributed by atoms with Gasteiger partial charge >= 0.3 is 0 Å². The van der Waals surface area contributed by atoms with Crippen molar-refractivity contribution in [1.82, 2.24) is 15.2 Å². The van der Waals surface area contributed by atoms with E-state index in [1.165, 1.54) is 0 Å². The van der Waals surface area contributed by atoms with Gasteiger partial charge in [0, 0.05) is 51.8 Å². The molecule has 1 aliphatic heterocycles. The van der Waals surface area contributed by atoms with E-state index < -0.39 is 0 Å². The third kappa shape index (κ3) is 5.52. The molecule has 23 heavy (non-hydrogen) atoms. The summed E-state index contributed by atoms with van der Waals surface area (Å²) in [5.41, 5.74) is 5.36. The van der Waals surface area contributed by atoms with E-state index in [1.807, 2.05) is 23.1 Å². The Hall–Kier alpha value is -2.15. The van der Waals surface area contributed by atoms with Crippen LogP contribution in [0.3, 0.4) is 0 Å². The predicted molar refractivity (Wildman–Crippen MR) is 88.9 cm³/mol. The summed E-state index contributed by atoms with van der Waals surface area (Å²) >= 11 is 0. The van der Waals surface area contributed by atoms with Crippen LogP contribution in [0.25, 0.3) is 0 Å². The van der Waals surface area contributed by atoms with Crippen LogP contribution in [0.5, 0.6) is 0 Å². The molecule has 0 bridgehead atoms. The number of nitrogens with two attached hydrogens (primary N) is 1. The highest BCUT2D eigenvalue weighted by Gasteiger charge is 2.21. The van der Waals surface area contributed by atoms with E-state index >= 15 is 0 Å². The zero-order valence-electron chi connectivity index (χ0n) is 13.4. The van der Waals surface area contributed by atoms with E-state index in [0.29, 0.717) is 45.4 Å². The normalized spacial score (nSPS) is 14.7. The maximum Gasteiger partial charge on any atom is 0.224 e. The quantitative estimate of drug-likeness (QED) is 0.737. The Kier molecular flexibility index (Phi) is 6.80. The lowest BCUT2D eigenvalue weighted by Crippen LogP contribution is -2.49. The van der Waals surface area contributed by atoms with Crippen molar-refractivity contribution in [3.63, 3.8) is 0 Å². The molecule has 0 atom stereocenters. The smallest absolute Gasteiger partial charge is 0.224 e. The van der Waals surface area contributed by atoms with Crippen LogP contribution in [0.2, 0.25) is 0 Å². The van der Waals surface area contributed by atoms with Gasteiger partial charge in [-0.1, -0.05) is 6.07 Å². The summed E-state index contributed by atoms with van der Waals surface area (Å²) in [5.74, 6) is 1.000. The lowest BCUT2D eigenvalue weighted by molar-refractivity contribution is -0.131. The molecular weight excluding hydrogens is 294 g/mol. The Morgan fingerprint density at radius 1 is 1.17 bits per heavy atom. The molecule has 0 unspecified atom stereocenters. The number of aromatic nitrogens is 1. The van der Waals surface area contributed by atoms with Crippen molar-refractivity contribution in [2.45, 2.75) is 19.3 Å². The number of hydrogen-bond donors (Lipinski definition) is 2. The van der Waals surface area contributed by atoms with Gasteiger partial charge in [0.1, 0.15) is 5.82 Å². The van der Waals surface area contributed by atoms with E-state index in [0.717, 1.165) is 18.9 Å². The Labute approximate surface area is 136 Å². The van der Waals surface area contributed by atoms with Crippen LogP contribution in [0.15, 0.2) is 24.4 Å². The minimum Gasteiger partial charge on any atom is -0.356 e. The molecule has 7 nitrogen and oxygen atoms in total. The second-order valence-corrected chi connectivity index (χ2v) is 5.55. The molecule has 7 heteroatoms. The number of amides is 2. The highest BCUT2D eigenvalue weighted by molar-refractivity contribution is 5.79. The minimum absolute atomic E-state index is 0.0387. The third-order valence-corrected chi connectivity index (χ3v) is 3.87. The molecule has 3 N–H and O–H groups in total. The second kappa shape index (κ2) is 9.09. The number of nitrogens with one attached hydrogen (secondary N) is 1. The maximum atomic E-state index is 12.2. The van der Waals surface area contributed by atoms with E-state index in [2.05, 4.69) is 15.2 Å². The molecule has 1 aromatic rings. The van der Waals surface area contributed by atoms with Crippen LogP contribution in [0, 0.1) is 0 Å². The first-order valence-corrected chi connectivity index (χ1v) is 8.11. The largest absolute Gasteiger partial charge is 0.356 e. The van der Waals surface area contributed by atoms with Crippen LogP contribution >= 0.6 is 0 Å². The predicted octanol–water partition coefficient (Wildman–Crippen LogP) is -0.0246. The summed E-state index contributed by atoms with van der Waals surface area (Å²) in [4.78, 5) is 32.0. The number of anilines is 1. The minimum atomic E-state index is -0.0387. The molecule has 1 fully saturated rings. The average molecular weight is 319 g/mol. The van der Waals surface area contributed by atoms with Crippen LogP contribution in [0.1, 0.15) is 19.3 Å². The summed E-state index contributed by atoms with van der Waals surface area (Å²) in [7, 11) is 0. The Bertz CT molecular complexity index is 500. The number of nitrogens with zero attached hydrogens (tertiary/aromatic N) is 3. The monoisotopic (exact) mass is 319 g/mol. The van der Waals surface area contributed by atoms with Gasteiger partial charge in [-0.25, -0.2) is 4.98 Å². The van der Waals surface area contributed by atoms with Crippen molar-refractivity contribution in [2.24, 2.45) is 5.73 Å². The van der Waals surface area contributed by atoms with Gasteiger partial charge in [-0.3, -0.25) is 9.59 Å². The Morgan fingerprint density at radius 2 is 1.96 bits per heavy atom. The van der Waals surface area contributed by atoms with E-state index in [-0.39, 0.29) is 11.8 Å². The molecule has 2 amide bonds. The van der Waals surface area contributed by atoms with Crippen molar-refractivity contribution >= 4 is 17.6 Å². The number of rotatable bonds is 7. The van der Waals surface area contributed by atoms with Gasteiger partial charge in [0.15, 0.2) is 0 Å². The topological polar surface area (TPSA) is 91.6 Å². The van der Waals surface area contributed by atoms with Crippen molar-refractivity contribution in [3.8, 4) is 0 Å². The van der Waals surface area contributed by atoms with Crippen molar-refractivity contribution in [1.29, 1.82) is 0 Å².